The lowest BCUT2D eigenvalue weighted by atomic mass is 10.1. The minimum absolute atomic E-state index is 0.654. The van der Waals surface area contributed by atoms with Gasteiger partial charge in [0.2, 0.25) is 0 Å². The minimum Gasteiger partial charge on any atom is -0.461 e. The van der Waals surface area contributed by atoms with Gasteiger partial charge in [0.25, 0.3) is 0 Å². The predicted molar refractivity (Wildman–Crippen MR) is 100 cm³/mol. The van der Waals surface area contributed by atoms with E-state index in [1.54, 1.807) is 6.26 Å². The van der Waals surface area contributed by atoms with Gasteiger partial charge in [-0.2, -0.15) is 5.10 Å². The van der Waals surface area contributed by atoms with E-state index in [1.807, 2.05) is 36.0 Å². The molecule has 0 aromatic carbocycles. The number of nitrogens with zero attached hydrogens (tertiary/aromatic N) is 4. The summed E-state index contributed by atoms with van der Waals surface area (Å²) in [7, 11) is 0. The fraction of sp³-hybridized carbons (Fsp3) is 0.421. The first-order chi connectivity index (χ1) is 12.8. The number of fused-ring (bicyclic) bond motifs is 1. The molecule has 2 N–H and O–H groups in total. The van der Waals surface area contributed by atoms with Gasteiger partial charge >= 0.3 is 0 Å². The quantitative estimate of drug-likeness (QED) is 0.663. The Bertz CT molecular complexity index is 855. The second-order valence-electron chi connectivity index (χ2n) is 6.55. The number of aromatic nitrogens is 4. The van der Waals surface area contributed by atoms with Crippen molar-refractivity contribution in [2.75, 3.05) is 25.0 Å². The first kappa shape index (κ1) is 16.8. The van der Waals surface area contributed by atoms with E-state index in [0.717, 1.165) is 62.6 Å². The van der Waals surface area contributed by atoms with Crippen molar-refractivity contribution < 1.29 is 4.42 Å². The lowest BCUT2D eigenvalue weighted by Crippen LogP contribution is -2.16. The maximum atomic E-state index is 5.50. The Morgan fingerprint density at radius 3 is 2.96 bits per heavy atom. The number of nitrogens with one attached hydrogen (secondary N) is 2. The molecule has 3 aromatic heterocycles. The third-order valence-corrected chi connectivity index (χ3v) is 4.56. The molecule has 0 aliphatic carbocycles. The molecule has 136 valence electrons. The second-order valence-corrected chi connectivity index (χ2v) is 6.55. The van der Waals surface area contributed by atoms with Crippen molar-refractivity contribution in [3.8, 4) is 11.6 Å². The fourth-order valence-electron chi connectivity index (χ4n) is 3.24. The van der Waals surface area contributed by atoms with Crippen LogP contribution in [0.15, 0.2) is 35.1 Å². The summed E-state index contributed by atoms with van der Waals surface area (Å²) >= 11 is 0. The predicted octanol–water partition coefficient (Wildman–Crippen LogP) is 2.43. The molecule has 0 atom stereocenters. The van der Waals surface area contributed by atoms with E-state index in [9.17, 15) is 0 Å². The minimum atomic E-state index is 0.654. The molecule has 0 radical (unpaired) electrons. The lowest BCUT2D eigenvalue weighted by Gasteiger charge is -2.14. The van der Waals surface area contributed by atoms with E-state index in [0.29, 0.717) is 11.6 Å². The number of rotatable bonds is 6. The van der Waals surface area contributed by atoms with Crippen LogP contribution >= 0.6 is 0 Å². The topological polar surface area (TPSA) is 80.8 Å². The fourth-order valence-corrected chi connectivity index (χ4v) is 3.24. The normalized spacial score (nSPS) is 14.0. The molecule has 0 spiro atoms. The molecular weight excluding hydrogens is 328 g/mol. The van der Waals surface area contributed by atoms with Crippen LogP contribution in [-0.4, -0.2) is 39.4 Å². The van der Waals surface area contributed by atoms with Gasteiger partial charge in [-0.25, -0.2) is 9.97 Å². The third-order valence-electron chi connectivity index (χ3n) is 4.56. The van der Waals surface area contributed by atoms with Gasteiger partial charge in [0.1, 0.15) is 5.82 Å². The van der Waals surface area contributed by atoms with Crippen molar-refractivity contribution in [3.05, 3.63) is 47.6 Å². The van der Waals surface area contributed by atoms with Crippen LogP contribution in [0.2, 0.25) is 0 Å². The first-order valence-electron chi connectivity index (χ1n) is 9.18. The zero-order valence-corrected chi connectivity index (χ0v) is 15.0. The van der Waals surface area contributed by atoms with Gasteiger partial charge in [0.05, 0.1) is 17.7 Å². The number of anilines is 1. The molecule has 26 heavy (non-hydrogen) atoms. The van der Waals surface area contributed by atoms with Crippen LogP contribution in [0.25, 0.3) is 11.6 Å². The van der Waals surface area contributed by atoms with Crippen molar-refractivity contribution >= 4 is 5.82 Å². The summed E-state index contributed by atoms with van der Waals surface area (Å²) in [6, 6.07) is 5.80. The van der Waals surface area contributed by atoms with E-state index in [4.69, 9.17) is 14.4 Å². The second kappa shape index (κ2) is 7.70. The number of hydrogen-bond donors (Lipinski definition) is 2. The van der Waals surface area contributed by atoms with Gasteiger partial charge in [-0.05, 0) is 44.5 Å². The van der Waals surface area contributed by atoms with Gasteiger partial charge < -0.3 is 15.1 Å². The van der Waals surface area contributed by atoms with E-state index < -0.39 is 0 Å². The highest BCUT2D eigenvalue weighted by Crippen LogP contribution is 2.24. The average molecular weight is 352 g/mol. The summed E-state index contributed by atoms with van der Waals surface area (Å²) in [5, 5.41) is 11.4. The lowest BCUT2D eigenvalue weighted by molar-refractivity contribution is 0.576. The van der Waals surface area contributed by atoms with Gasteiger partial charge in [-0.1, -0.05) is 0 Å². The Labute approximate surface area is 152 Å². The zero-order chi connectivity index (χ0) is 17.8. The Kier molecular flexibility index (Phi) is 4.97. The van der Waals surface area contributed by atoms with E-state index >= 15 is 0 Å². The monoisotopic (exact) mass is 352 g/mol. The van der Waals surface area contributed by atoms with Crippen LogP contribution in [0.1, 0.15) is 23.4 Å². The molecule has 4 rings (SSSR count). The Hall–Kier alpha value is -2.67. The molecule has 0 saturated heterocycles. The summed E-state index contributed by atoms with van der Waals surface area (Å²) in [6.07, 6.45) is 6.51. The van der Waals surface area contributed by atoms with Crippen LogP contribution in [0.4, 0.5) is 5.82 Å². The van der Waals surface area contributed by atoms with Crippen LogP contribution in [-0.2, 0) is 19.4 Å². The highest BCUT2D eigenvalue weighted by atomic mass is 16.3. The first-order valence-corrected chi connectivity index (χ1v) is 9.18. The Morgan fingerprint density at radius 1 is 1.23 bits per heavy atom. The maximum absolute atomic E-state index is 5.50. The highest BCUT2D eigenvalue weighted by Gasteiger charge is 2.18. The number of furan rings is 1. The van der Waals surface area contributed by atoms with Crippen molar-refractivity contribution in [1.29, 1.82) is 0 Å². The number of hydrogen-bond acceptors (Lipinski definition) is 6. The van der Waals surface area contributed by atoms with Gasteiger partial charge in [-0.15, -0.1) is 0 Å². The van der Waals surface area contributed by atoms with Crippen molar-refractivity contribution in [1.82, 2.24) is 25.1 Å². The van der Waals surface area contributed by atoms with E-state index in [1.165, 1.54) is 5.56 Å². The highest BCUT2D eigenvalue weighted by molar-refractivity contribution is 5.56. The molecule has 4 heterocycles. The standard InChI is InChI=1S/C19H24N6O/c1-14-7-12-25(24-14)11-3-8-21-18-15-5-9-20-10-6-16(15)22-19(23-18)17-4-2-13-26-17/h2,4,7,12-13,20H,3,5-6,8-11H2,1H3,(H,21,22,23). The van der Waals surface area contributed by atoms with Crippen LogP contribution < -0.4 is 10.6 Å². The molecule has 1 aliphatic heterocycles. The van der Waals surface area contributed by atoms with Gasteiger partial charge in [0, 0.05) is 37.8 Å². The molecule has 0 fully saturated rings. The largest absolute Gasteiger partial charge is 0.461 e. The van der Waals surface area contributed by atoms with Crippen molar-refractivity contribution in [3.63, 3.8) is 0 Å². The summed E-state index contributed by atoms with van der Waals surface area (Å²) in [5.41, 5.74) is 3.39. The zero-order valence-electron chi connectivity index (χ0n) is 15.0. The molecule has 0 unspecified atom stereocenters. The molecule has 3 aromatic rings. The summed E-state index contributed by atoms with van der Waals surface area (Å²) in [5.74, 6) is 2.29. The van der Waals surface area contributed by atoms with Crippen molar-refractivity contribution in [2.45, 2.75) is 32.7 Å². The van der Waals surface area contributed by atoms with E-state index in [-0.39, 0.29) is 0 Å². The summed E-state index contributed by atoms with van der Waals surface area (Å²) in [6.45, 7) is 5.64. The molecule has 0 amide bonds. The molecule has 7 nitrogen and oxygen atoms in total. The van der Waals surface area contributed by atoms with Gasteiger partial charge in [-0.3, -0.25) is 4.68 Å². The molecule has 0 bridgehead atoms. The van der Waals surface area contributed by atoms with Crippen LogP contribution in [0.3, 0.4) is 0 Å². The Balaban J connectivity index is 1.50. The summed E-state index contributed by atoms with van der Waals surface area (Å²) in [4.78, 5) is 9.51. The smallest absolute Gasteiger partial charge is 0.197 e. The summed E-state index contributed by atoms with van der Waals surface area (Å²) < 4.78 is 7.48. The van der Waals surface area contributed by atoms with E-state index in [2.05, 4.69) is 15.7 Å². The van der Waals surface area contributed by atoms with Crippen molar-refractivity contribution in [2.24, 2.45) is 0 Å². The Morgan fingerprint density at radius 2 is 2.15 bits per heavy atom. The van der Waals surface area contributed by atoms with Crippen LogP contribution in [0.5, 0.6) is 0 Å². The van der Waals surface area contributed by atoms with Gasteiger partial charge in [0.15, 0.2) is 11.6 Å². The molecular formula is C19H24N6O. The molecule has 1 aliphatic rings. The number of aryl methyl sites for hydroxylation is 2. The third kappa shape index (κ3) is 3.77. The molecule has 7 heteroatoms. The van der Waals surface area contributed by atoms with Crippen LogP contribution in [0, 0.1) is 6.92 Å². The average Bonchev–Trinajstić information content (AvgIpc) is 3.26. The SMILES string of the molecule is Cc1ccn(CCCNc2nc(-c3ccco3)nc3c2CCNCC3)n1. The maximum Gasteiger partial charge on any atom is 0.197 e. The molecule has 0 saturated carbocycles.